The molecule has 1 atom stereocenters. The molecule has 1 unspecified atom stereocenters. The third-order valence-electron chi connectivity index (χ3n) is 3.58. The predicted molar refractivity (Wildman–Crippen MR) is 72.6 cm³/mol. The molecule has 0 radical (unpaired) electrons. The largest absolute Gasteiger partial charge is 0.382 e. The topological polar surface area (TPSA) is 69.2 Å². The van der Waals surface area contributed by atoms with E-state index in [1.165, 1.54) is 0 Å². The molecule has 98 valence electrons. The SMILES string of the molecule is CC1CN(Cc2cccnc2C(=N)N)CCN1C. The highest BCUT2D eigenvalue weighted by Gasteiger charge is 2.21. The first-order valence-electron chi connectivity index (χ1n) is 6.29. The van der Waals surface area contributed by atoms with Crippen LogP contribution >= 0.6 is 0 Å². The van der Waals surface area contributed by atoms with Crippen molar-refractivity contribution in [2.45, 2.75) is 19.5 Å². The normalized spacial score (nSPS) is 22.0. The van der Waals surface area contributed by atoms with E-state index in [-0.39, 0.29) is 5.84 Å². The number of aromatic nitrogens is 1. The summed E-state index contributed by atoms with van der Waals surface area (Å²) in [6, 6.07) is 4.48. The van der Waals surface area contributed by atoms with E-state index in [2.05, 4.69) is 28.8 Å². The zero-order chi connectivity index (χ0) is 13.1. The van der Waals surface area contributed by atoms with E-state index in [9.17, 15) is 0 Å². The average Bonchev–Trinajstić information content (AvgIpc) is 2.34. The molecular weight excluding hydrogens is 226 g/mol. The average molecular weight is 247 g/mol. The highest BCUT2D eigenvalue weighted by molar-refractivity contribution is 5.94. The van der Waals surface area contributed by atoms with Crippen molar-refractivity contribution < 1.29 is 0 Å². The quantitative estimate of drug-likeness (QED) is 0.603. The number of likely N-dealkylation sites (N-methyl/N-ethyl adjacent to an activating group) is 1. The van der Waals surface area contributed by atoms with Crippen LogP contribution in [-0.4, -0.2) is 53.3 Å². The highest BCUT2D eigenvalue weighted by atomic mass is 15.3. The first-order chi connectivity index (χ1) is 8.58. The number of nitrogens with zero attached hydrogens (tertiary/aromatic N) is 3. The van der Waals surface area contributed by atoms with Gasteiger partial charge in [-0.3, -0.25) is 15.3 Å². The van der Waals surface area contributed by atoms with Crippen LogP contribution in [-0.2, 0) is 6.54 Å². The van der Waals surface area contributed by atoms with E-state index >= 15 is 0 Å². The van der Waals surface area contributed by atoms with Crippen LogP contribution in [0.15, 0.2) is 18.3 Å². The second kappa shape index (κ2) is 5.46. The number of hydrogen-bond acceptors (Lipinski definition) is 4. The lowest BCUT2D eigenvalue weighted by atomic mass is 10.1. The zero-order valence-electron chi connectivity index (χ0n) is 11.1. The van der Waals surface area contributed by atoms with Crippen molar-refractivity contribution in [2.75, 3.05) is 26.7 Å². The fraction of sp³-hybridized carbons (Fsp3) is 0.538. The van der Waals surface area contributed by atoms with Gasteiger partial charge in [0.2, 0.25) is 0 Å². The number of rotatable bonds is 3. The predicted octanol–water partition coefficient (Wildman–Crippen LogP) is 0.502. The molecule has 1 aliphatic rings. The third-order valence-corrected chi connectivity index (χ3v) is 3.58. The van der Waals surface area contributed by atoms with Crippen LogP contribution in [0.4, 0.5) is 0 Å². The van der Waals surface area contributed by atoms with Gasteiger partial charge in [0.15, 0.2) is 0 Å². The van der Waals surface area contributed by atoms with E-state index in [1.807, 2.05) is 12.1 Å². The summed E-state index contributed by atoms with van der Waals surface area (Å²) in [5, 5.41) is 7.55. The number of piperazine rings is 1. The second-order valence-electron chi connectivity index (χ2n) is 4.99. The standard InChI is InChI=1S/C13H21N5/c1-10-8-18(7-6-17(10)2)9-11-4-3-5-16-12(11)13(14)15/h3-5,10H,6-9H2,1-2H3,(H3,14,15). The van der Waals surface area contributed by atoms with Crippen LogP contribution < -0.4 is 5.73 Å². The lowest BCUT2D eigenvalue weighted by Gasteiger charge is -2.37. The molecule has 1 aromatic heterocycles. The van der Waals surface area contributed by atoms with Gasteiger partial charge in [-0.05, 0) is 25.6 Å². The monoisotopic (exact) mass is 247 g/mol. The summed E-state index contributed by atoms with van der Waals surface area (Å²) in [5.74, 6) is 0.0489. The molecular formula is C13H21N5. The molecule has 0 amide bonds. The van der Waals surface area contributed by atoms with Crippen molar-refractivity contribution in [1.29, 1.82) is 5.41 Å². The molecule has 0 aromatic carbocycles. The van der Waals surface area contributed by atoms with Crippen molar-refractivity contribution >= 4 is 5.84 Å². The van der Waals surface area contributed by atoms with Crippen molar-refractivity contribution in [3.8, 4) is 0 Å². The lowest BCUT2D eigenvalue weighted by Crippen LogP contribution is -2.49. The number of hydrogen-bond donors (Lipinski definition) is 2. The van der Waals surface area contributed by atoms with Gasteiger partial charge in [-0.1, -0.05) is 6.07 Å². The number of nitrogen functional groups attached to an aromatic ring is 1. The number of nitrogens with two attached hydrogens (primary N) is 1. The number of amidine groups is 1. The fourth-order valence-electron chi connectivity index (χ4n) is 2.32. The molecule has 2 heterocycles. The first-order valence-corrected chi connectivity index (χ1v) is 6.29. The van der Waals surface area contributed by atoms with Gasteiger partial charge in [0.1, 0.15) is 11.5 Å². The van der Waals surface area contributed by atoms with Crippen LogP contribution in [0.5, 0.6) is 0 Å². The molecule has 0 saturated carbocycles. The Labute approximate surface area is 108 Å². The van der Waals surface area contributed by atoms with Crippen molar-refractivity contribution in [3.05, 3.63) is 29.6 Å². The van der Waals surface area contributed by atoms with Gasteiger partial charge in [0, 0.05) is 38.4 Å². The molecule has 18 heavy (non-hydrogen) atoms. The molecule has 2 rings (SSSR count). The molecule has 5 heteroatoms. The lowest BCUT2D eigenvalue weighted by molar-refractivity contribution is 0.0999. The minimum Gasteiger partial charge on any atom is -0.382 e. The van der Waals surface area contributed by atoms with E-state index in [0.717, 1.165) is 31.7 Å². The molecule has 5 nitrogen and oxygen atoms in total. The first kappa shape index (κ1) is 13.0. The Kier molecular flexibility index (Phi) is 3.93. The van der Waals surface area contributed by atoms with Gasteiger partial charge in [-0.2, -0.15) is 0 Å². The van der Waals surface area contributed by atoms with Crippen LogP contribution in [0.1, 0.15) is 18.2 Å². The second-order valence-corrected chi connectivity index (χ2v) is 4.99. The van der Waals surface area contributed by atoms with Crippen molar-refractivity contribution in [3.63, 3.8) is 0 Å². The summed E-state index contributed by atoms with van der Waals surface area (Å²) in [5.41, 5.74) is 7.22. The Bertz CT molecular complexity index is 431. The minimum atomic E-state index is 0.0489. The van der Waals surface area contributed by atoms with Crippen LogP contribution in [0.3, 0.4) is 0 Å². The van der Waals surface area contributed by atoms with Gasteiger partial charge < -0.3 is 10.6 Å². The summed E-state index contributed by atoms with van der Waals surface area (Å²) in [6.45, 7) is 6.23. The van der Waals surface area contributed by atoms with Crippen LogP contribution in [0.2, 0.25) is 0 Å². The Morgan fingerprint density at radius 2 is 2.33 bits per heavy atom. The van der Waals surface area contributed by atoms with Crippen molar-refractivity contribution in [2.24, 2.45) is 5.73 Å². The molecule has 1 aromatic rings. The molecule has 3 N–H and O–H groups in total. The maximum absolute atomic E-state index is 7.55. The molecule has 0 aliphatic carbocycles. The third kappa shape index (κ3) is 2.86. The highest BCUT2D eigenvalue weighted by Crippen LogP contribution is 2.13. The van der Waals surface area contributed by atoms with E-state index in [4.69, 9.17) is 11.1 Å². The van der Waals surface area contributed by atoms with Gasteiger partial charge >= 0.3 is 0 Å². The minimum absolute atomic E-state index is 0.0489. The van der Waals surface area contributed by atoms with E-state index in [1.54, 1.807) is 6.20 Å². The smallest absolute Gasteiger partial charge is 0.142 e. The van der Waals surface area contributed by atoms with Gasteiger partial charge in [-0.25, -0.2) is 0 Å². The number of pyridine rings is 1. The molecule has 1 aliphatic heterocycles. The summed E-state index contributed by atoms with van der Waals surface area (Å²) < 4.78 is 0. The number of nitrogens with one attached hydrogen (secondary N) is 1. The molecule has 1 fully saturated rings. The van der Waals surface area contributed by atoms with Crippen LogP contribution in [0.25, 0.3) is 0 Å². The van der Waals surface area contributed by atoms with Gasteiger partial charge in [0.25, 0.3) is 0 Å². The Morgan fingerprint density at radius 3 is 3.00 bits per heavy atom. The molecule has 0 bridgehead atoms. The Balaban J connectivity index is 2.08. The van der Waals surface area contributed by atoms with E-state index in [0.29, 0.717) is 11.7 Å². The Morgan fingerprint density at radius 1 is 1.56 bits per heavy atom. The fourth-order valence-corrected chi connectivity index (χ4v) is 2.32. The van der Waals surface area contributed by atoms with Crippen LogP contribution in [0, 0.1) is 5.41 Å². The summed E-state index contributed by atoms with van der Waals surface area (Å²) >= 11 is 0. The summed E-state index contributed by atoms with van der Waals surface area (Å²) in [4.78, 5) is 8.95. The van der Waals surface area contributed by atoms with E-state index < -0.39 is 0 Å². The maximum Gasteiger partial charge on any atom is 0.142 e. The zero-order valence-corrected chi connectivity index (χ0v) is 11.1. The maximum atomic E-state index is 7.55. The van der Waals surface area contributed by atoms with Gasteiger partial charge in [0.05, 0.1) is 0 Å². The summed E-state index contributed by atoms with van der Waals surface area (Å²) in [6.07, 6.45) is 1.69. The molecule has 0 spiro atoms. The molecule has 1 saturated heterocycles. The van der Waals surface area contributed by atoms with Crippen molar-refractivity contribution in [1.82, 2.24) is 14.8 Å². The van der Waals surface area contributed by atoms with Gasteiger partial charge in [-0.15, -0.1) is 0 Å². The summed E-state index contributed by atoms with van der Waals surface area (Å²) in [7, 11) is 2.16. The Hall–Kier alpha value is -1.46.